The SMILES string of the molecule is CCNC(=NCc1cc(OC)c(OC)c(OC)c1)NC1CCN(c2ccccc2OC)C1. The average Bonchev–Trinajstić information content (AvgIpc) is 3.30. The fraction of sp³-hybridized carbons (Fsp3) is 0.458. The predicted molar refractivity (Wildman–Crippen MR) is 128 cm³/mol. The number of nitrogens with zero attached hydrogens (tertiary/aromatic N) is 2. The molecule has 174 valence electrons. The molecule has 1 unspecified atom stereocenters. The van der Waals surface area contributed by atoms with E-state index in [9.17, 15) is 0 Å². The highest BCUT2D eigenvalue weighted by Crippen LogP contribution is 2.38. The highest BCUT2D eigenvalue weighted by molar-refractivity contribution is 5.80. The van der Waals surface area contributed by atoms with Gasteiger partial charge in [-0.15, -0.1) is 0 Å². The monoisotopic (exact) mass is 442 g/mol. The van der Waals surface area contributed by atoms with Gasteiger partial charge in [-0.2, -0.15) is 0 Å². The van der Waals surface area contributed by atoms with E-state index in [1.165, 1.54) is 0 Å². The van der Waals surface area contributed by atoms with Crippen molar-refractivity contribution in [2.75, 3.05) is 53.0 Å². The number of aliphatic imine (C=N–C) groups is 1. The molecule has 2 N–H and O–H groups in total. The van der Waals surface area contributed by atoms with Crippen LogP contribution in [0.5, 0.6) is 23.0 Å². The van der Waals surface area contributed by atoms with E-state index < -0.39 is 0 Å². The zero-order valence-electron chi connectivity index (χ0n) is 19.6. The molecule has 1 aliphatic rings. The van der Waals surface area contributed by atoms with Crippen LogP contribution >= 0.6 is 0 Å². The molecular formula is C24H34N4O4. The molecule has 8 nitrogen and oxygen atoms in total. The first kappa shape index (κ1) is 23.4. The summed E-state index contributed by atoms with van der Waals surface area (Å²) in [5.74, 6) is 3.51. The van der Waals surface area contributed by atoms with E-state index in [0.29, 0.717) is 23.8 Å². The van der Waals surface area contributed by atoms with Crippen molar-refractivity contribution in [2.24, 2.45) is 4.99 Å². The van der Waals surface area contributed by atoms with Crippen LogP contribution in [-0.2, 0) is 6.54 Å². The summed E-state index contributed by atoms with van der Waals surface area (Å²) in [6.07, 6.45) is 1.02. The summed E-state index contributed by atoms with van der Waals surface area (Å²) >= 11 is 0. The topological polar surface area (TPSA) is 76.6 Å². The summed E-state index contributed by atoms with van der Waals surface area (Å²) in [6.45, 7) is 5.17. The number of nitrogens with one attached hydrogen (secondary N) is 2. The van der Waals surface area contributed by atoms with Crippen molar-refractivity contribution in [2.45, 2.75) is 25.9 Å². The minimum Gasteiger partial charge on any atom is -0.495 e. The van der Waals surface area contributed by atoms with Gasteiger partial charge in [-0.05, 0) is 43.2 Å². The van der Waals surface area contributed by atoms with Gasteiger partial charge < -0.3 is 34.5 Å². The molecule has 2 aromatic carbocycles. The Hall–Kier alpha value is -3.29. The molecule has 1 atom stereocenters. The second-order valence-corrected chi connectivity index (χ2v) is 7.48. The maximum absolute atomic E-state index is 5.53. The zero-order chi connectivity index (χ0) is 22.9. The van der Waals surface area contributed by atoms with Crippen LogP contribution < -0.4 is 34.5 Å². The molecule has 0 amide bonds. The Morgan fingerprint density at radius 1 is 1.00 bits per heavy atom. The third kappa shape index (κ3) is 5.49. The molecular weight excluding hydrogens is 408 g/mol. The number of hydrogen-bond acceptors (Lipinski definition) is 6. The van der Waals surface area contributed by atoms with Gasteiger partial charge in [-0.25, -0.2) is 4.99 Å². The smallest absolute Gasteiger partial charge is 0.203 e. The molecule has 1 saturated heterocycles. The van der Waals surface area contributed by atoms with Gasteiger partial charge in [0.1, 0.15) is 5.75 Å². The van der Waals surface area contributed by atoms with E-state index in [-0.39, 0.29) is 6.04 Å². The number of ether oxygens (including phenoxy) is 4. The quantitative estimate of drug-likeness (QED) is 0.457. The van der Waals surface area contributed by atoms with Crippen LogP contribution in [0.25, 0.3) is 0 Å². The summed E-state index contributed by atoms with van der Waals surface area (Å²) in [7, 11) is 6.54. The van der Waals surface area contributed by atoms with Gasteiger partial charge in [0.25, 0.3) is 0 Å². The Labute approximate surface area is 190 Å². The number of guanidine groups is 1. The number of hydrogen-bond donors (Lipinski definition) is 2. The van der Waals surface area contributed by atoms with Crippen molar-refractivity contribution in [3.05, 3.63) is 42.0 Å². The van der Waals surface area contributed by atoms with Gasteiger partial charge in [0.2, 0.25) is 5.75 Å². The van der Waals surface area contributed by atoms with Crippen LogP contribution in [0.1, 0.15) is 18.9 Å². The summed E-state index contributed by atoms with van der Waals surface area (Å²) in [4.78, 5) is 7.13. The predicted octanol–water partition coefficient (Wildman–Crippen LogP) is 3.06. The van der Waals surface area contributed by atoms with Gasteiger partial charge in [0, 0.05) is 25.7 Å². The van der Waals surface area contributed by atoms with Crippen molar-refractivity contribution in [3.63, 3.8) is 0 Å². The molecule has 2 aromatic rings. The van der Waals surface area contributed by atoms with Crippen LogP contribution in [-0.4, -0.2) is 60.1 Å². The largest absolute Gasteiger partial charge is 0.495 e. The van der Waals surface area contributed by atoms with Crippen molar-refractivity contribution in [1.29, 1.82) is 0 Å². The molecule has 0 aliphatic carbocycles. The maximum Gasteiger partial charge on any atom is 0.203 e. The first-order chi connectivity index (χ1) is 15.6. The van der Waals surface area contributed by atoms with Crippen LogP contribution in [0, 0.1) is 0 Å². The fourth-order valence-electron chi connectivity index (χ4n) is 3.90. The van der Waals surface area contributed by atoms with E-state index >= 15 is 0 Å². The Balaban J connectivity index is 1.70. The minimum absolute atomic E-state index is 0.289. The number of methoxy groups -OCH3 is 4. The van der Waals surface area contributed by atoms with Crippen LogP contribution in [0.3, 0.4) is 0 Å². The highest BCUT2D eigenvalue weighted by Gasteiger charge is 2.25. The Morgan fingerprint density at radius 3 is 2.31 bits per heavy atom. The van der Waals surface area contributed by atoms with Gasteiger partial charge in [-0.1, -0.05) is 12.1 Å². The molecule has 0 radical (unpaired) electrons. The molecule has 32 heavy (non-hydrogen) atoms. The Bertz CT molecular complexity index is 894. The van der Waals surface area contributed by atoms with Crippen molar-refractivity contribution < 1.29 is 18.9 Å². The molecule has 0 saturated carbocycles. The lowest BCUT2D eigenvalue weighted by atomic mass is 10.2. The van der Waals surface area contributed by atoms with Crippen LogP contribution in [0.2, 0.25) is 0 Å². The van der Waals surface area contributed by atoms with Gasteiger partial charge in [-0.3, -0.25) is 0 Å². The van der Waals surface area contributed by atoms with Crippen LogP contribution in [0.4, 0.5) is 5.69 Å². The molecule has 3 rings (SSSR count). The molecule has 8 heteroatoms. The molecule has 1 fully saturated rings. The van der Waals surface area contributed by atoms with Gasteiger partial charge >= 0.3 is 0 Å². The molecule has 0 aromatic heterocycles. The molecule has 1 aliphatic heterocycles. The van der Waals surface area contributed by atoms with Crippen molar-refractivity contribution in [1.82, 2.24) is 10.6 Å². The summed E-state index contributed by atoms with van der Waals surface area (Å²) in [5.41, 5.74) is 2.09. The lowest BCUT2D eigenvalue weighted by Gasteiger charge is -2.22. The second kappa shape index (κ2) is 11.4. The minimum atomic E-state index is 0.289. The van der Waals surface area contributed by atoms with Gasteiger partial charge in [0.15, 0.2) is 17.5 Å². The first-order valence-corrected chi connectivity index (χ1v) is 10.8. The number of benzene rings is 2. The molecule has 0 bridgehead atoms. The maximum atomic E-state index is 5.53. The van der Waals surface area contributed by atoms with Crippen molar-refractivity contribution in [3.8, 4) is 23.0 Å². The zero-order valence-corrected chi connectivity index (χ0v) is 19.6. The summed E-state index contributed by atoms with van der Waals surface area (Å²) < 4.78 is 21.8. The number of para-hydroxylation sites is 2. The third-order valence-electron chi connectivity index (χ3n) is 5.44. The van der Waals surface area contributed by atoms with Crippen LogP contribution in [0.15, 0.2) is 41.4 Å². The lowest BCUT2D eigenvalue weighted by molar-refractivity contribution is 0.324. The van der Waals surface area contributed by atoms with E-state index in [4.69, 9.17) is 23.9 Å². The Kier molecular flexibility index (Phi) is 8.30. The van der Waals surface area contributed by atoms with E-state index in [0.717, 1.165) is 49.0 Å². The summed E-state index contributed by atoms with van der Waals surface area (Å²) in [6, 6.07) is 12.3. The van der Waals surface area contributed by atoms with Gasteiger partial charge in [0.05, 0.1) is 40.7 Å². The number of rotatable bonds is 9. The lowest BCUT2D eigenvalue weighted by Crippen LogP contribution is -2.44. The number of anilines is 1. The first-order valence-electron chi connectivity index (χ1n) is 10.8. The van der Waals surface area contributed by atoms with Crippen molar-refractivity contribution >= 4 is 11.6 Å². The summed E-state index contributed by atoms with van der Waals surface area (Å²) in [5, 5.41) is 6.92. The highest BCUT2D eigenvalue weighted by atomic mass is 16.5. The third-order valence-corrected chi connectivity index (χ3v) is 5.44. The standard InChI is InChI=1S/C24H34N4O4/c1-6-25-24(26-15-17-13-21(30-3)23(32-5)22(14-17)31-4)27-18-11-12-28(16-18)19-9-7-8-10-20(19)29-2/h7-10,13-14,18H,6,11-12,15-16H2,1-5H3,(H2,25,26,27). The fourth-order valence-corrected chi connectivity index (χ4v) is 3.90. The molecule has 0 spiro atoms. The normalized spacial score (nSPS) is 16.0. The van der Waals surface area contributed by atoms with E-state index in [2.05, 4.69) is 28.5 Å². The average molecular weight is 443 g/mol. The Morgan fingerprint density at radius 2 is 1.69 bits per heavy atom. The van der Waals surface area contributed by atoms with E-state index in [1.807, 2.05) is 30.3 Å². The van der Waals surface area contributed by atoms with E-state index in [1.54, 1.807) is 28.4 Å². The molecule has 1 heterocycles. The second-order valence-electron chi connectivity index (χ2n) is 7.48.